The zero-order chi connectivity index (χ0) is 24.3. The zero-order valence-electron chi connectivity index (χ0n) is 21.5. The van der Waals surface area contributed by atoms with Crippen LogP contribution in [0.3, 0.4) is 0 Å². The third-order valence-corrected chi connectivity index (χ3v) is 7.52. The van der Waals surface area contributed by atoms with E-state index in [2.05, 4.69) is 133 Å². The van der Waals surface area contributed by atoms with E-state index in [9.17, 15) is 0 Å². The van der Waals surface area contributed by atoms with E-state index in [0.717, 1.165) is 5.69 Å². The van der Waals surface area contributed by atoms with Crippen LogP contribution in [-0.2, 0) is 10.8 Å². The molecule has 0 saturated heterocycles. The normalized spacial score (nSPS) is 14.0. The predicted molar refractivity (Wildman–Crippen MR) is 147 cm³/mol. The number of benzene rings is 4. The minimum atomic E-state index is 0.0320. The maximum atomic E-state index is 3.77. The molecule has 0 aromatic heterocycles. The first-order valence-electron chi connectivity index (χ1n) is 12.3. The predicted octanol–water partition coefficient (Wildman–Crippen LogP) is 9.32. The van der Waals surface area contributed by atoms with Gasteiger partial charge in [0.2, 0.25) is 0 Å². The van der Waals surface area contributed by atoms with Gasteiger partial charge in [-0.3, -0.25) is 0 Å². The summed E-state index contributed by atoms with van der Waals surface area (Å²) in [5.74, 6) is 0. The standard InChI is InChI=1S/C33H35N/c1-21-12-13-24(23-14-16-25(17-15-23)32(3,4)5)19-30(21)34-31-20-27-26-10-8-9-11-28(26)33(6,7)29(27)18-22(31)2/h8-20,34H,1-7H3. The third kappa shape index (κ3) is 3.74. The summed E-state index contributed by atoms with van der Waals surface area (Å²) in [5, 5.41) is 3.77. The topological polar surface area (TPSA) is 12.0 Å². The Bertz CT molecular complexity index is 1380. The Balaban J connectivity index is 1.52. The van der Waals surface area contributed by atoms with Crippen LogP contribution in [-0.4, -0.2) is 0 Å². The minimum absolute atomic E-state index is 0.0320. The molecule has 0 fully saturated rings. The number of rotatable bonds is 3. The Morgan fingerprint density at radius 2 is 1.26 bits per heavy atom. The van der Waals surface area contributed by atoms with Crippen LogP contribution in [0.5, 0.6) is 0 Å². The van der Waals surface area contributed by atoms with E-state index < -0.39 is 0 Å². The van der Waals surface area contributed by atoms with Crippen LogP contribution in [0.1, 0.15) is 62.4 Å². The van der Waals surface area contributed by atoms with Crippen molar-refractivity contribution in [3.63, 3.8) is 0 Å². The fourth-order valence-corrected chi connectivity index (χ4v) is 5.23. The molecule has 0 radical (unpaired) electrons. The number of anilines is 2. The Labute approximate surface area is 204 Å². The summed E-state index contributed by atoms with van der Waals surface area (Å²) < 4.78 is 0. The highest BCUT2D eigenvalue weighted by molar-refractivity contribution is 5.85. The average Bonchev–Trinajstić information content (AvgIpc) is 3.02. The summed E-state index contributed by atoms with van der Waals surface area (Å²) in [5.41, 5.74) is 14.4. The van der Waals surface area contributed by atoms with Crippen molar-refractivity contribution in [2.75, 3.05) is 5.32 Å². The van der Waals surface area contributed by atoms with E-state index in [1.54, 1.807) is 0 Å². The minimum Gasteiger partial charge on any atom is -0.355 e. The largest absolute Gasteiger partial charge is 0.355 e. The number of hydrogen-bond donors (Lipinski definition) is 1. The summed E-state index contributed by atoms with van der Waals surface area (Å²) in [7, 11) is 0. The van der Waals surface area contributed by atoms with Gasteiger partial charge >= 0.3 is 0 Å². The average molecular weight is 446 g/mol. The van der Waals surface area contributed by atoms with Crippen molar-refractivity contribution in [1.29, 1.82) is 0 Å². The van der Waals surface area contributed by atoms with Crippen molar-refractivity contribution in [3.8, 4) is 22.3 Å². The molecule has 34 heavy (non-hydrogen) atoms. The first-order valence-corrected chi connectivity index (χ1v) is 12.3. The lowest BCUT2D eigenvalue weighted by Crippen LogP contribution is -2.15. The van der Waals surface area contributed by atoms with Crippen molar-refractivity contribution in [2.24, 2.45) is 0 Å². The molecular weight excluding hydrogens is 410 g/mol. The molecule has 0 atom stereocenters. The van der Waals surface area contributed by atoms with E-state index in [-0.39, 0.29) is 10.8 Å². The molecule has 1 aliphatic carbocycles. The lowest BCUT2D eigenvalue weighted by molar-refractivity contribution is 0.590. The van der Waals surface area contributed by atoms with Gasteiger partial charge in [0.25, 0.3) is 0 Å². The Morgan fingerprint density at radius 1 is 0.618 bits per heavy atom. The molecule has 0 heterocycles. The molecule has 0 saturated carbocycles. The van der Waals surface area contributed by atoms with E-state index in [4.69, 9.17) is 0 Å². The molecule has 1 nitrogen and oxygen atoms in total. The van der Waals surface area contributed by atoms with Gasteiger partial charge < -0.3 is 5.32 Å². The molecule has 1 aliphatic rings. The van der Waals surface area contributed by atoms with Crippen LogP contribution in [0.25, 0.3) is 22.3 Å². The molecule has 4 aromatic rings. The van der Waals surface area contributed by atoms with Gasteiger partial charge in [0, 0.05) is 16.8 Å². The fourth-order valence-electron chi connectivity index (χ4n) is 5.23. The van der Waals surface area contributed by atoms with Gasteiger partial charge in [0.15, 0.2) is 0 Å². The zero-order valence-corrected chi connectivity index (χ0v) is 21.5. The summed E-state index contributed by atoms with van der Waals surface area (Å²) in [4.78, 5) is 0. The highest BCUT2D eigenvalue weighted by Gasteiger charge is 2.35. The van der Waals surface area contributed by atoms with E-state index in [1.165, 1.54) is 55.8 Å². The first-order chi connectivity index (χ1) is 16.1. The Hall–Kier alpha value is -3.32. The van der Waals surface area contributed by atoms with Crippen LogP contribution in [0.4, 0.5) is 11.4 Å². The molecule has 0 unspecified atom stereocenters. The molecule has 0 amide bonds. The summed E-state index contributed by atoms with van der Waals surface area (Å²) >= 11 is 0. The monoisotopic (exact) mass is 445 g/mol. The van der Waals surface area contributed by atoms with Crippen molar-refractivity contribution in [2.45, 2.75) is 59.3 Å². The van der Waals surface area contributed by atoms with Crippen LogP contribution < -0.4 is 5.32 Å². The van der Waals surface area contributed by atoms with Crippen LogP contribution in [0, 0.1) is 13.8 Å². The maximum absolute atomic E-state index is 3.77. The highest BCUT2D eigenvalue weighted by Crippen LogP contribution is 2.50. The lowest BCUT2D eigenvalue weighted by Gasteiger charge is -2.22. The SMILES string of the molecule is Cc1ccc(-c2ccc(C(C)(C)C)cc2)cc1Nc1cc2c(cc1C)C(C)(C)c1ccccc1-2. The summed E-state index contributed by atoms with van der Waals surface area (Å²) in [6.07, 6.45) is 0. The highest BCUT2D eigenvalue weighted by atomic mass is 14.9. The third-order valence-electron chi connectivity index (χ3n) is 7.52. The number of hydrogen-bond acceptors (Lipinski definition) is 1. The van der Waals surface area contributed by atoms with Crippen molar-refractivity contribution < 1.29 is 0 Å². The van der Waals surface area contributed by atoms with Gasteiger partial charge in [-0.05, 0) is 81.5 Å². The van der Waals surface area contributed by atoms with Gasteiger partial charge in [-0.1, -0.05) is 101 Å². The molecule has 0 spiro atoms. The molecule has 0 bridgehead atoms. The van der Waals surface area contributed by atoms with E-state index in [0.29, 0.717) is 0 Å². The summed E-state index contributed by atoms with van der Waals surface area (Å²) in [6.45, 7) is 15.8. The van der Waals surface area contributed by atoms with Crippen molar-refractivity contribution in [3.05, 3.63) is 107 Å². The second kappa shape index (κ2) is 7.87. The molecule has 4 aromatic carbocycles. The molecular formula is C33H35N. The summed E-state index contributed by atoms with van der Waals surface area (Å²) in [6, 6.07) is 29.3. The second-order valence-electron chi connectivity index (χ2n) is 11.4. The van der Waals surface area contributed by atoms with Crippen LogP contribution in [0.2, 0.25) is 0 Å². The van der Waals surface area contributed by atoms with Gasteiger partial charge in [0.05, 0.1) is 0 Å². The maximum Gasteiger partial charge on any atom is 0.0420 e. The smallest absolute Gasteiger partial charge is 0.0420 e. The van der Waals surface area contributed by atoms with Gasteiger partial charge in [-0.2, -0.15) is 0 Å². The second-order valence-corrected chi connectivity index (χ2v) is 11.4. The van der Waals surface area contributed by atoms with Crippen LogP contribution in [0.15, 0.2) is 78.9 Å². The lowest BCUT2D eigenvalue weighted by atomic mass is 9.82. The van der Waals surface area contributed by atoms with E-state index in [1.807, 2.05) is 0 Å². The van der Waals surface area contributed by atoms with Gasteiger partial charge in [-0.15, -0.1) is 0 Å². The van der Waals surface area contributed by atoms with Gasteiger partial charge in [-0.25, -0.2) is 0 Å². The molecule has 172 valence electrons. The molecule has 1 heteroatoms. The number of aryl methyl sites for hydroxylation is 2. The Kier molecular flexibility index (Phi) is 5.20. The van der Waals surface area contributed by atoms with Crippen LogP contribution >= 0.6 is 0 Å². The first kappa shape index (κ1) is 22.5. The molecule has 5 rings (SSSR count). The molecule has 1 N–H and O–H groups in total. The van der Waals surface area contributed by atoms with Gasteiger partial charge in [0.1, 0.15) is 0 Å². The Morgan fingerprint density at radius 3 is 1.97 bits per heavy atom. The quantitative estimate of drug-likeness (QED) is 0.331. The number of fused-ring (bicyclic) bond motifs is 3. The fraction of sp³-hybridized carbons (Fsp3) is 0.273. The molecule has 0 aliphatic heterocycles. The van der Waals surface area contributed by atoms with E-state index >= 15 is 0 Å². The van der Waals surface area contributed by atoms with Crippen molar-refractivity contribution in [1.82, 2.24) is 0 Å². The van der Waals surface area contributed by atoms with Crippen molar-refractivity contribution >= 4 is 11.4 Å². The number of nitrogens with one attached hydrogen (secondary N) is 1.